The standard InChI is InChI=1S/C14H9F4NO2/c1-21-12-6-8(2-3-11(12)15)13(20)9-7-19-5-4-10(9)14(16,17)18/h2-7H,1H3. The average molecular weight is 299 g/mol. The van der Waals surface area contributed by atoms with Gasteiger partial charge < -0.3 is 4.74 Å². The molecule has 0 fully saturated rings. The van der Waals surface area contributed by atoms with Crippen LogP contribution >= 0.6 is 0 Å². The average Bonchev–Trinajstić information content (AvgIpc) is 2.46. The fourth-order valence-corrected chi connectivity index (χ4v) is 1.78. The van der Waals surface area contributed by atoms with Crippen LogP contribution in [0.4, 0.5) is 17.6 Å². The molecule has 0 atom stereocenters. The van der Waals surface area contributed by atoms with Crippen molar-refractivity contribution >= 4 is 5.78 Å². The SMILES string of the molecule is COc1cc(C(=O)c2cnccc2C(F)(F)F)ccc1F. The lowest BCUT2D eigenvalue weighted by Crippen LogP contribution is -2.14. The van der Waals surface area contributed by atoms with E-state index in [0.717, 1.165) is 30.6 Å². The van der Waals surface area contributed by atoms with Crippen LogP contribution in [0.25, 0.3) is 0 Å². The maximum absolute atomic E-state index is 13.3. The van der Waals surface area contributed by atoms with E-state index in [1.807, 2.05) is 0 Å². The molecule has 7 heteroatoms. The number of pyridine rings is 1. The Hall–Kier alpha value is -2.44. The summed E-state index contributed by atoms with van der Waals surface area (Å²) in [6.45, 7) is 0. The van der Waals surface area contributed by atoms with E-state index in [4.69, 9.17) is 4.74 Å². The molecule has 1 aromatic heterocycles. The first kappa shape index (κ1) is 15.0. The van der Waals surface area contributed by atoms with E-state index in [-0.39, 0.29) is 11.3 Å². The number of nitrogens with zero attached hydrogens (tertiary/aromatic N) is 1. The molecule has 21 heavy (non-hydrogen) atoms. The van der Waals surface area contributed by atoms with Crippen LogP contribution in [0.2, 0.25) is 0 Å². The molecule has 3 nitrogen and oxygen atoms in total. The second kappa shape index (κ2) is 5.51. The Labute approximate surface area is 117 Å². The normalized spacial score (nSPS) is 11.3. The zero-order chi connectivity index (χ0) is 15.6. The zero-order valence-electron chi connectivity index (χ0n) is 10.7. The van der Waals surface area contributed by atoms with Gasteiger partial charge >= 0.3 is 6.18 Å². The molecule has 0 unspecified atom stereocenters. The molecular weight excluding hydrogens is 290 g/mol. The smallest absolute Gasteiger partial charge is 0.417 e. The molecule has 2 aromatic rings. The predicted molar refractivity (Wildman–Crippen MR) is 65.6 cm³/mol. The second-order valence-electron chi connectivity index (χ2n) is 4.10. The fourth-order valence-electron chi connectivity index (χ4n) is 1.78. The molecule has 0 aliphatic carbocycles. The second-order valence-corrected chi connectivity index (χ2v) is 4.10. The van der Waals surface area contributed by atoms with Gasteiger partial charge in [-0.3, -0.25) is 9.78 Å². The number of benzene rings is 1. The van der Waals surface area contributed by atoms with Gasteiger partial charge in [0.15, 0.2) is 17.3 Å². The first-order chi connectivity index (χ1) is 9.84. The highest BCUT2D eigenvalue weighted by atomic mass is 19.4. The summed E-state index contributed by atoms with van der Waals surface area (Å²) in [5.74, 6) is -1.84. The van der Waals surface area contributed by atoms with Crippen molar-refractivity contribution in [2.45, 2.75) is 6.18 Å². The Morgan fingerprint density at radius 3 is 2.57 bits per heavy atom. The van der Waals surface area contributed by atoms with Crippen LogP contribution in [-0.4, -0.2) is 17.9 Å². The molecule has 0 bridgehead atoms. The maximum Gasteiger partial charge on any atom is 0.417 e. The fraction of sp³-hybridized carbons (Fsp3) is 0.143. The van der Waals surface area contributed by atoms with Crippen LogP contribution in [-0.2, 0) is 6.18 Å². The van der Waals surface area contributed by atoms with Crippen molar-refractivity contribution in [2.24, 2.45) is 0 Å². The van der Waals surface area contributed by atoms with E-state index in [2.05, 4.69) is 4.98 Å². The largest absolute Gasteiger partial charge is 0.494 e. The molecule has 1 heterocycles. The van der Waals surface area contributed by atoms with E-state index in [9.17, 15) is 22.4 Å². The van der Waals surface area contributed by atoms with Gasteiger partial charge in [-0.1, -0.05) is 0 Å². The Balaban J connectivity index is 2.51. The minimum Gasteiger partial charge on any atom is -0.494 e. The number of aromatic nitrogens is 1. The third-order valence-electron chi connectivity index (χ3n) is 2.78. The summed E-state index contributed by atoms with van der Waals surface area (Å²) in [5.41, 5.74) is -1.81. The van der Waals surface area contributed by atoms with Gasteiger partial charge in [0.25, 0.3) is 0 Å². The molecular formula is C14H9F4NO2. The number of hydrogen-bond donors (Lipinski definition) is 0. The molecule has 1 aromatic carbocycles. The summed E-state index contributed by atoms with van der Waals surface area (Å²) in [4.78, 5) is 15.7. The van der Waals surface area contributed by atoms with E-state index >= 15 is 0 Å². The van der Waals surface area contributed by atoms with Crippen molar-refractivity contribution in [1.82, 2.24) is 4.98 Å². The van der Waals surface area contributed by atoms with Crippen molar-refractivity contribution in [2.75, 3.05) is 7.11 Å². The molecule has 110 valence electrons. The van der Waals surface area contributed by atoms with E-state index in [0.29, 0.717) is 6.07 Å². The van der Waals surface area contributed by atoms with Gasteiger partial charge in [-0.25, -0.2) is 4.39 Å². The summed E-state index contributed by atoms with van der Waals surface area (Å²) < 4.78 is 56.6. The van der Waals surface area contributed by atoms with E-state index in [1.54, 1.807) is 0 Å². The van der Waals surface area contributed by atoms with Gasteiger partial charge in [0.05, 0.1) is 18.2 Å². The Morgan fingerprint density at radius 2 is 1.95 bits per heavy atom. The lowest BCUT2D eigenvalue weighted by molar-refractivity contribution is -0.137. The van der Waals surface area contributed by atoms with Crippen LogP contribution in [0.15, 0.2) is 36.7 Å². The predicted octanol–water partition coefficient (Wildman–Crippen LogP) is 3.48. The van der Waals surface area contributed by atoms with E-state index < -0.39 is 28.9 Å². The summed E-state index contributed by atoms with van der Waals surface area (Å²) in [7, 11) is 1.19. The summed E-state index contributed by atoms with van der Waals surface area (Å²) in [6, 6.07) is 3.81. The van der Waals surface area contributed by atoms with Gasteiger partial charge in [-0.2, -0.15) is 13.2 Å². The van der Waals surface area contributed by atoms with Gasteiger partial charge in [0, 0.05) is 18.0 Å². The van der Waals surface area contributed by atoms with Crippen molar-refractivity contribution in [3.8, 4) is 5.75 Å². The lowest BCUT2D eigenvalue weighted by atomic mass is 10.00. The number of ether oxygens (including phenoxy) is 1. The van der Waals surface area contributed by atoms with Crippen molar-refractivity contribution in [3.63, 3.8) is 0 Å². The first-order valence-corrected chi connectivity index (χ1v) is 5.74. The number of rotatable bonds is 3. The van der Waals surface area contributed by atoms with Crippen molar-refractivity contribution in [1.29, 1.82) is 0 Å². The molecule has 0 aliphatic heterocycles. The highest BCUT2D eigenvalue weighted by molar-refractivity contribution is 6.10. The zero-order valence-corrected chi connectivity index (χ0v) is 10.7. The number of alkyl halides is 3. The van der Waals surface area contributed by atoms with Crippen LogP contribution in [0.1, 0.15) is 21.5 Å². The molecule has 0 radical (unpaired) electrons. The third-order valence-corrected chi connectivity index (χ3v) is 2.78. The van der Waals surface area contributed by atoms with Gasteiger partial charge in [0.2, 0.25) is 0 Å². The molecule has 0 aliphatic rings. The number of ketones is 1. The summed E-state index contributed by atoms with van der Waals surface area (Å²) in [5, 5.41) is 0. The van der Waals surface area contributed by atoms with Gasteiger partial charge in [-0.15, -0.1) is 0 Å². The maximum atomic E-state index is 13.3. The number of carbonyl (C=O) groups is 1. The Bertz CT molecular complexity index is 683. The number of carbonyl (C=O) groups excluding carboxylic acids is 1. The van der Waals surface area contributed by atoms with Crippen LogP contribution < -0.4 is 4.74 Å². The Morgan fingerprint density at radius 1 is 1.24 bits per heavy atom. The monoisotopic (exact) mass is 299 g/mol. The van der Waals surface area contributed by atoms with Gasteiger partial charge in [-0.05, 0) is 24.3 Å². The molecule has 0 saturated carbocycles. The molecule has 0 N–H and O–H groups in total. The molecule has 0 amide bonds. The van der Waals surface area contributed by atoms with Crippen LogP contribution in [0, 0.1) is 5.82 Å². The molecule has 0 spiro atoms. The third kappa shape index (κ3) is 3.01. The lowest BCUT2D eigenvalue weighted by Gasteiger charge is -2.11. The highest BCUT2D eigenvalue weighted by Gasteiger charge is 2.35. The number of methoxy groups -OCH3 is 1. The number of hydrogen-bond acceptors (Lipinski definition) is 3. The first-order valence-electron chi connectivity index (χ1n) is 5.74. The summed E-state index contributed by atoms with van der Waals surface area (Å²) >= 11 is 0. The van der Waals surface area contributed by atoms with Crippen molar-refractivity contribution < 1.29 is 27.1 Å². The molecule has 2 rings (SSSR count). The molecule has 0 saturated heterocycles. The van der Waals surface area contributed by atoms with Gasteiger partial charge in [0.1, 0.15) is 0 Å². The minimum absolute atomic E-state index is 0.119. The minimum atomic E-state index is -4.68. The number of halogens is 4. The van der Waals surface area contributed by atoms with E-state index in [1.165, 1.54) is 7.11 Å². The van der Waals surface area contributed by atoms with Crippen LogP contribution in [0.5, 0.6) is 5.75 Å². The van der Waals surface area contributed by atoms with Crippen molar-refractivity contribution in [3.05, 3.63) is 59.2 Å². The Kier molecular flexibility index (Phi) is 3.93. The highest BCUT2D eigenvalue weighted by Crippen LogP contribution is 2.32. The quantitative estimate of drug-likeness (QED) is 0.643. The van der Waals surface area contributed by atoms with Crippen LogP contribution in [0.3, 0.4) is 0 Å². The summed E-state index contributed by atoms with van der Waals surface area (Å²) in [6.07, 6.45) is -2.90. The topological polar surface area (TPSA) is 39.2 Å².